The first-order valence-corrected chi connectivity index (χ1v) is 5.81. The van der Waals surface area contributed by atoms with E-state index in [2.05, 4.69) is 4.98 Å². The highest BCUT2D eigenvalue weighted by atomic mass is 35.5. The molecule has 1 amide bonds. The maximum absolute atomic E-state index is 12.1. The number of aromatic nitrogens is 1. The molecule has 1 aromatic rings. The van der Waals surface area contributed by atoms with Gasteiger partial charge < -0.3 is 10.4 Å². The van der Waals surface area contributed by atoms with Gasteiger partial charge in [-0.15, -0.1) is 0 Å². The molecule has 1 rings (SSSR count). The molecule has 0 spiro atoms. The highest BCUT2D eigenvalue weighted by molar-refractivity contribution is 6.29. The lowest BCUT2D eigenvalue weighted by Crippen LogP contribution is -2.40. The molecular weight excluding hydrogens is 285 g/mol. The topological polar surface area (TPSA) is 62.2 Å². The van der Waals surface area contributed by atoms with Crippen LogP contribution in [0.1, 0.15) is 23.0 Å². The van der Waals surface area contributed by atoms with Crippen LogP contribution in [0.15, 0.2) is 12.1 Å². The molecule has 0 aliphatic carbocycles. The van der Waals surface area contributed by atoms with E-state index in [9.17, 15) is 18.0 Å². The van der Waals surface area contributed by atoms with Crippen molar-refractivity contribution >= 4 is 17.5 Å². The van der Waals surface area contributed by atoms with E-state index in [1.165, 1.54) is 12.1 Å². The van der Waals surface area contributed by atoms with Crippen LogP contribution in [0, 0.1) is 0 Å². The van der Waals surface area contributed by atoms with Crippen molar-refractivity contribution in [3.8, 4) is 0 Å². The molecule has 1 atom stereocenters. The van der Waals surface area contributed by atoms with E-state index in [-0.39, 0.29) is 10.7 Å². The number of carbonyl (C=O) groups is 1. The Morgan fingerprint density at radius 3 is 2.68 bits per heavy atom. The van der Waals surface area contributed by atoms with Crippen LogP contribution < -0.4 is 5.32 Å². The number of aliphatic hydroxyl groups excluding tert-OH is 1. The summed E-state index contributed by atoms with van der Waals surface area (Å²) in [4.78, 5) is 15.5. The minimum Gasteiger partial charge on any atom is -0.382 e. The van der Waals surface area contributed by atoms with Gasteiger partial charge in [0.2, 0.25) is 0 Å². The van der Waals surface area contributed by atoms with Crippen LogP contribution in [-0.4, -0.2) is 34.8 Å². The Hall–Kier alpha value is -1.34. The number of alkyl halides is 3. The molecule has 0 saturated carbocycles. The minimum atomic E-state index is -4.77. The van der Waals surface area contributed by atoms with Gasteiger partial charge in [0.25, 0.3) is 5.91 Å². The molecule has 0 aromatic carbocycles. The number of halogens is 4. The second-order valence-corrected chi connectivity index (χ2v) is 4.18. The monoisotopic (exact) mass is 296 g/mol. The highest BCUT2D eigenvalue weighted by Crippen LogP contribution is 2.19. The number of aliphatic hydroxyl groups is 1. The van der Waals surface area contributed by atoms with Gasteiger partial charge in [-0.25, -0.2) is 4.98 Å². The van der Waals surface area contributed by atoms with Gasteiger partial charge in [-0.2, -0.15) is 13.2 Å². The predicted molar refractivity (Wildman–Crippen MR) is 63.0 cm³/mol. The van der Waals surface area contributed by atoms with E-state index in [4.69, 9.17) is 16.7 Å². The molecule has 106 valence electrons. The van der Waals surface area contributed by atoms with E-state index in [1.54, 1.807) is 6.92 Å². The minimum absolute atomic E-state index is 0.0841. The summed E-state index contributed by atoms with van der Waals surface area (Å²) in [6, 6.07) is 2.68. The first-order chi connectivity index (χ1) is 8.74. The van der Waals surface area contributed by atoms with Crippen molar-refractivity contribution in [1.29, 1.82) is 0 Å². The van der Waals surface area contributed by atoms with E-state index >= 15 is 0 Å². The zero-order chi connectivity index (χ0) is 14.6. The molecule has 8 heteroatoms. The fourth-order valence-electron chi connectivity index (χ4n) is 1.27. The van der Waals surface area contributed by atoms with Crippen LogP contribution in [0.25, 0.3) is 0 Å². The summed E-state index contributed by atoms with van der Waals surface area (Å²) in [6.45, 7) is 0.886. The molecule has 0 fully saturated rings. The largest absolute Gasteiger partial charge is 0.416 e. The first kappa shape index (κ1) is 15.7. The maximum Gasteiger partial charge on any atom is 0.416 e. The van der Waals surface area contributed by atoms with Gasteiger partial charge in [-0.1, -0.05) is 18.5 Å². The third-order valence-corrected chi connectivity index (χ3v) is 2.50. The SMILES string of the molecule is CCc1cc(C(=O)NC[C@H](O)C(F)(F)F)cc(Cl)n1. The molecule has 19 heavy (non-hydrogen) atoms. The summed E-state index contributed by atoms with van der Waals surface area (Å²) < 4.78 is 36.2. The number of amides is 1. The number of hydrogen-bond donors (Lipinski definition) is 2. The number of hydrogen-bond acceptors (Lipinski definition) is 3. The van der Waals surface area contributed by atoms with Crippen LogP contribution in [0.3, 0.4) is 0 Å². The lowest BCUT2D eigenvalue weighted by molar-refractivity contribution is -0.201. The standard InChI is InChI=1S/C11H12ClF3N2O2/c1-2-7-3-6(4-9(12)17-7)10(19)16-5-8(18)11(13,14)15/h3-4,8,18H,2,5H2,1H3,(H,16,19)/t8-/m0/s1. The number of nitrogens with one attached hydrogen (secondary N) is 1. The summed E-state index contributed by atoms with van der Waals surface area (Å²) in [7, 11) is 0. The Bertz CT molecular complexity index is 466. The lowest BCUT2D eigenvalue weighted by atomic mass is 10.2. The quantitative estimate of drug-likeness (QED) is 0.835. The van der Waals surface area contributed by atoms with E-state index < -0.39 is 24.7 Å². The molecule has 1 aromatic heterocycles. The van der Waals surface area contributed by atoms with Crippen LogP contribution in [0.2, 0.25) is 5.15 Å². The molecule has 0 aliphatic heterocycles. The van der Waals surface area contributed by atoms with Crippen LogP contribution in [-0.2, 0) is 6.42 Å². The average Bonchev–Trinajstić information content (AvgIpc) is 2.33. The normalized spacial score (nSPS) is 13.2. The van der Waals surface area contributed by atoms with Gasteiger partial charge in [0.05, 0.1) is 6.54 Å². The molecule has 0 aliphatic rings. The van der Waals surface area contributed by atoms with Crippen molar-refractivity contribution in [2.24, 2.45) is 0 Å². The van der Waals surface area contributed by atoms with Crippen molar-refractivity contribution in [2.45, 2.75) is 25.6 Å². The van der Waals surface area contributed by atoms with Crippen molar-refractivity contribution in [3.05, 3.63) is 28.5 Å². The Morgan fingerprint density at radius 1 is 1.53 bits per heavy atom. The van der Waals surface area contributed by atoms with Gasteiger partial charge in [0.1, 0.15) is 5.15 Å². The zero-order valence-corrected chi connectivity index (χ0v) is 10.7. The zero-order valence-electron chi connectivity index (χ0n) is 9.96. The van der Waals surface area contributed by atoms with E-state index in [0.717, 1.165) is 0 Å². The molecule has 4 nitrogen and oxygen atoms in total. The Kier molecular flexibility index (Phi) is 5.13. The van der Waals surface area contributed by atoms with Crippen molar-refractivity contribution in [3.63, 3.8) is 0 Å². The second-order valence-electron chi connectivity index (χ2n) is 3.79. The Morgan fingerprint density at radius 2 is 2.16 bits per heavy atom. The molecule has 2 N–H and O–H groups in total. The van der Waals surface area contributed by atoms with Gasteiger partial charge >= 0.3 is 6.18 Å². The molecular formula is C11H12ClF3N2O2. The lowest BCUT2D eigenvalue weighted by Gasteiger charge is -2.15. The summed E-state index contributed by atoms with van der Waals surface area (Å²) in [5, 5.41) is 10.8. The smallest absolute Gasteiger partial charge is 0.382 e. The third kappa shape index (κ3) is 4.68. The van der Waals surface area contributed by atoms with Crippen LogP contribution >= 0.6 is 11.6 Å². The van der Waals surface area contributed by atoms with Gasteiger partial charge in [0.15, 0.2) is 6.10 Å². The summed E-state index contributed by atoms with van der Waals surface area (Å²) >= 11 is 5.69. The van der Waals surface area contributed by atoms with Gasteiger partial charge in [-0.3, -0.25) is 4.79 Å². The van der Waals surface area contributed by atoms with Crippen molar-refractivity contribution < 1.29 is 23.1 Å². The maximum atomic E-state index is 12.1. The first-order valence-electron chi connectivity index (χ1n) is 5.43. The average molecular weight is 297 g/mol. The molecule has 0 radical (unpaired) electrons. The number of aryl methyl sites for hydroxylation is 1. The van der Waals surface area contributed by atoms with Crippen molar-refractivity contribution in [2.75, 3.05) is 6.54 Å². The number of nitrogens with zero attached hydrogens (tertiary/aromatic N) is 1. The molecule has 0 bridgehead atoms. The molecule has 0 unspecified atom stereocenters. The van der Waals surface area contributed by atoms with Crippen LogP contribution in [0.5, 0.6) is 0 Å². The van der Waals surface area contributed by atoms with E-state index in [0.29, 0.717) is 12.1 Å². The fourth-order valence-corrected chi connectivity index (χ4v) is 1.50. The Labute approximate surface area is 112 Å². The molecule has 1 heterocycles. The summed E-state index contributed by atoms with van der Waals surface area (Å²) in [5.41, 5.74) is 0.653. The van der Waals surface area contributed by atoms with E-state index in [1.807, 2.05) is 5.32 Å². The van der Waals surface area contributed by atoms with Gasteiger partial charge in [-0.05, 0) is 18.6 Å². The third-order valence-electron chi connectivity index (χ3n) is 2.31. The van der Waals surface area contributed by atoms with Crippen LogP contribution in [0.4, 0.5) is 13.2 Å². The summed E-state index contributed by atoms with van der Waals surface area (Å²) in [5.74, 6) is -0.748. The second kappa shape index (κ2) is 6.21. The number of carbonyl (C=O) groups excluding carboxylic acids is 1. The number of pyridine rings is 1. The highest BCUT2D eigenvalue weighted by Gasteiger charge is 2.38. The predicted octanol–water partition coefficient (Wildman–Crippen LogP) is 1.95. The number of rotatable bonds is 4. The van der Waals surface area contributed by atoms with Gasteiger partial charge in [0, 0.05) is 11.3 Å². The summed E-state index contributed by atoms with van der Waals surface area (Å²) in [6.07, 6.45) is -6.83. The van der Waals surface area contributed by atoms with Crippen molar-refractivity contribution in [1.82, 2.24) is 10.3 Å². The fraction of sp³-hybridized carbons (Fsp3) is 0.455. The molecule has 0 saturated heterocycles. The Balaban J connectivity index is 2.71.